The van der Waals surface area contributed by atoms with E-state index in [0.717, 1.165) is 5.57 Å². The normalized spacial score (nSPS) is 12.0. The van der Waals surface area contributed by atoms with Crippen LogP contribution in [0.1, 0.15) is 13.8 Å². The van der Waals surface area contributed by atoms with Crippen LogP contribution in [0.3, 0.4) is 0 Å². The lowest BCUT2D eigenvalue weighted by atomic mass is 10.2. The highest BCUT2D eigenvalue weighted by Crippen LogP contribution is 1.99. The van der Waals surface area contributed by atoms with Gasteiger partial charge in [0.1, 0.15) is 0 Å². The molecular formula is C9H12O2. The standard InChI is InChI=1S/C9H12O2/c1-4-8(9(10)11)6-5-7(2)3/h4-6H,2H2,1,3H3,(H,10,11)/b6-5-,8-4+. The monoisotopic (exact) mass is 152 g/mol. The summed E-state index contributed by atoms with van der Waals surface area (Å²) in [6.45, 7) is 7.11. The van der Waals surface area contributed by atoms with Crippen molar-refractivity contribution in [2.45, 2.75) is 13.8 Å². The van der Waals surface area contributed by atoms with Crippen molar-refractivity contribution in [1.29, 1.82) is 0 Å². The number of carboxylic acids is 1. The fourth-order valence-electron chi connectivity index (χ4n) is 0.523. The fraction of sp³-hybridized carbons (Fsp3) is 0.222. The molecule has 11 heavy (non-hydrogen) atoms. The molecule has 0 saturated carbocycles. The van der Waals surface area contributed by atoms with E-state index >= 15 is 0 Å². The molecule has 0 aliphatic carbocycles. The van der Waals surface area contributed by atoms with Crippen molar-refractivity contribution in [3.8, 4) is 0 Å². The van der Waals surface area contributed by atoms with E-state index in [1.165, 1.54) is 6.08 Å². The number of aliphatic carboxylic acids is 1. The Morgan fingerprint density at radius 3 is 2.27 bits per heavy atom. The summed E-state index contributed by atoms with van der Waals surface area (Å²) in [5, 5.41) is 8.54. The Balaban J connectivity index is 4.34. The van der Waals surface area contributed by atoms with Crippen LogP contribution in [0, 0.1) is 0 Å². The fourth-order valence-corrected chi connectivity index (χ4v) is 0.523. The molecule has 0 aliphatic rings. The highest BCUT2D eigenvalue weighted by molar-refractivity contribution is 5.89. The lowest BCUT2D eigenvalue weighted by Crippen LogP contribution is -1.96. The van der Waals surface area contributed by atoms with Crippen molar-refractivity contribution >= 4 is 5.97 Å². The first-order valence-electron chi connectivity index (χ1n) is 3.31. The highest BCUT2D eigenvalue weighted by Gasteiger charge is 1.98. The second-order valence-electron chi connectivity index (χ2n) is 2.23. The molecule has 0 aromatic heterocycles. The van der Waals surface area contributed by atoms with Crippen molar-refractivity contribution in [3.63, 3.8) is 0 Å². The van der Waals surface area contributed by atoms with E-state index in [0.29, 0.717) is 0 Å². The van der Waals surface area contributed by atoms with Gasteiger partial charge in [-0.3, -0.25) is 0 Å². The van der Waals surface area contributed by atoms with E-state index in [-0.39, 0.29) is 5.57 Å². The molecule has 0 saturated heterocycles. The molecule has 0 aromatic rings. The molecule has 0 atom stereocenters. The second-order valence-corrected chi connectivity index (χ2v) is 2.23. The van der Waals surface area contributed by atoms with Crippen molar-refractivity contribution in [3.05, 3.63) is 36.0 Å². The van der Waals surface area contributed by atoms with Crippen LogP contribution in [0.4, 0.5) is 0 Å². The van der Waals surface area contributed by atoms with Crippen LogP contribution in [0.2, 0.25) is 0 Å². The number of allylic oxidation sites excluding steroid dienone is 3. The molecule has 0 fully saturated rings. The Hall–Kier alpha value is -1.31. The summed E-state index contributed by atoms with van der Waals surface area (Å²) in [4.78, 5) is 10.4. The van der Waals surface area contributed by atoms with Gasteiger partial charge >= 0.3 is 5.97 Å². The summed E-state index contributed by atoms with van der Waals surface area (Å²) < 4.78 is 0. The van der Waals surface area contributed by atoms with Gasteiger partial charge < -0.3 is 5.11 Å². The molecule has 60 valence electrons. The maximum Gasteiger partial charge on any atom is 0.335 e. The van der Waals surface area contributed by atoms with Gasteiger partial charge in [0, 0.05) is 0 Å². The average Bonchev–Trinajstić information content (AvgIpc) is 1.87. The zero-order valence-electron chi connectivity index (χ0n) is 6.79. The molecule has 0 aromatic carbocycles. The van der Waals surface area contributed by atoms with Gasteiger partial charge in [0.05, 0.1) is 5.57 Å². The van der Waals surface area contributed by atoms with Crippen LogP contribution in [-0.2, 0) is 4.79 Å². The summed E-state index contributed by atoms with van der Waals surface area (Å²) in [6.07, 6.45) is 4.75. The quantitative estimate of drug-likeness (QED) is 0.497. The first kappa shape index (κ1) is 9.69. The van der Waals surface area contributed by atoms with Crippen molar-refractivity contribution in [2.75, 3.05) is 0 Å². The van der Waals surface area contributed by atoms with Crippen LogP contribution in [0.15, 0.2) is 36.0 Å². The minimum atomic E-state index is -0.912. The predicted molar refractivity (Wildman–Crippen MR) is 45.3 cm³/mol. The van der Waals surface area contributed by atoms with Gasteiger partial charge in [-0.1, -0.05) is 24.3 Å². The van der Waals surface area contributed by atoms with Crippen LogP contribution in [0.5, 0.6) is 0 Å². The number of carboxylic acid groups (broad SMARTS) is 1. The molecule has 0 amide bonds. The molecule has 0 heterocycles. The van der Waals surface area contributed by atoms with Gasteiger partial charge in [-0.05, 0) is 19.9 Å². The summed E-state index contributed by atoms with van der Waals surface area (Å²) in [5.41, 5.74) is 1.12. The van der Waals surface area contributed by atoms with E-state index in [9.17, 15) is 4.79 Å². The highest BCUT2D eigenvalue weighted by atomic mass is 16.4. The van der Waals surface area contributed by atoms with E-state index < -0.39 is 5.97 Å². The smallest absolute Gasteiger partial charge is 0.335 e. The van der Waals surface area contributed by atoms with Crippen LogP contribution in [0.25, 0.3) is 0 Å². The van der Waals surface area contributed by atoms with Gasteiger partial charge in [0.15, 0.2) is 0 Å². The summed E-state index contributed by atoms with van der Waals surface area (Å²) in [6, 6.07) is 0. The van der Waals surface area contributed by atoms with Crippen LogP contribution in [-0.4, -0.2) is 11.1 Å². The first-order valence-corrected chi connectivity index (χ1v) is 3.31. The third-order valence-electron chi connectivity index (χ3n) is 1.11. The minimum Gasteiger partial charge on any atom is -0.478 e. The maximum absolute atomic E-state index is 10.4. The van der Waals surface area contributed by atoms with Crippen molar-refractivity contribution in [1.82, 2.24) is 0 Å². The van der Waals surface area contributed by atoms with Gasteiger partial charge in [-0.25, -0.2) is 4.79 Å². The molecule has 2 heteroatoms. The molecule has 2 nitrogen and oxygen atoms in total. The average molecular weight is 152 g/mol. The van der Waals surface area contributed by atoms with E-state index in [1.54, 1.807) is 19.1 Å². The Bertz CT molecular complexity index is 222. The predicted octanol–water partition coefficient (Wildman–Crippen LogP) is 2.15. The zero-order chi connectivity index (χ0) is 8.85. The molecule has 0 aliphatic heterocycles. The summed E-state index contributed by atoms with van der Waals surface area (Å²) in [7, 11) is 0. The number of rotatable bonds is 3. The minimum absolute atomic E-state index is 0.285. The van der Waals surface area contributed by atoms with Crippen molar-refractivity contribution in [2.24, 2.45) is 0 Å². The Kier molecular flexibility index (Phi) is 3.96. The second kappa shape index (κ2) is 4.50. The molecule has 1 N–H and O–H groups in total. The van der Waals surface area contributed by atoms with Crippen LogP contribution < -0.4 is 0 Å². The summed E-state index contributed by atoms with van der Waals surface area (Å²) in [5.74, 6) is -0.912. The number of hydrogen-bond donors (Lipinski definition) is 1. The van der Waals surface area contributed by atoms with Gasteiger partial charge in [-0.2, -0.15) is 0 Å². The SMILES string of the molecule is C=C(C)/C=C\C(=C/C)C(=O)O. The Morgan fingerprint density at radius 2 is 2.00 bits per heavy atom. The van der Waals surface area contributed by atoms with E-state index in [4.69, 9.17) is 5.11 Å². The topological polar surface area (TPSA) is 37.3 Å². The Labute approximate surface area is 66.5 Å². The van der Waals surface area contributed by atoms with Gasteiger partial charge in [-0.15, -0.1) is 0 Å². The Morgan fingerprint density at radius 1 is 1.45 bits per heavy atom. The largest absolute Gasteiger partial charge is 0.478 e. The third kappa shape index (κ3) is 4.14. The maximum atomic E-state index is 10.4. The number of carbonyl (C=O) groups is 1. The third-order valence-corrected chi connectivity index (χ3v) is 1.11. The van der Waals surface area contributed by atoms with E-state index in [1.807, 2.05) is 6.92 Å². The van der Waals surface area contributed by atoms with Crippen molar-refractivity contribution < 1.29 is 9.90 Å². The lowest BCUT2D eigenvalue weighted by molar-refractivity contribution is -0.132. The lowest BCUT2D eigenvalue weighted by Gasteiger charge is -1.91. The molecule has 0 unspecified atom stereocenters. The number of hydrogen-bond acceptors (Lipinski definition) is 1. The first-order chi connectivity index (χ1) is 5.07. The van der Waals surface area contributed by atoms with Gasteiger partial charge in [0.25, 0.3) is 0 Å². The van der Waals surface area contributed by atoms with Crippen LogP contribution >= 0.6 is 0 Å². The molecule has 0 rings (SSSR count). The molecule has 0 bridgehead atoms. The summed E-state index contributed by atoms with van der Waals surface area (Å²) >= 11 is 0. The van der Waals surface area contributed by atoms with E-state index in [2.05, 4.69) is 6.58 Å². The molecule has 0 radical (unpaired) electrons. The zero-order valence-corrected chi connectivity index (χ0v) is 6.79. The molecular weight excluding hydrogens is 140 g/mol. The molecule has 0 spiro atoms. The van der Waals surface area contributed by atoms with Gasteiger partial charge in [0.2, 0.25) is 0 Å².